The number of carbonyl (C=O) groups excluding carboxylic acids is 1. The van der Waals surface area contributed by atoms with Gasteiger partial charge in [-0.2, -0.15) is 0 Å². The highest BCUT2D eigenvalue weighted by molar-refractivity contribution is 7.88. The average molecular weight is 310 g/mol. The fourth-order valence-corrected chi connectivity index (χ4v) is 3.48. The average Bonchev–Trinajstić information content (AvgIpc) is 2.46. The minimum Gasteiger partial charge on any atom is -0.326 e. The lowest BCUT2D eigenvalue weighted by Crippen LogP contribution is -2.43. The Bertz CT molecular complexity index is 613. The number of anilines is 1. The Hall–Kier alpha value is -1.40. The largest absolute Gasteiger partial charge is 0.326 e. The standard InChI is InChI=1S/C15H22N2O3S/c1-3-12-6-4-8-14(10-12)16-15(18)13-7-5-9-17(11-13)21(2,19)20/h4,6,8,10,13H,3,5,7,9,11H2,1-2H3,(H,16,18)/t13-/m0/s1. The first-order chi connectivity index (χ1) is 9.90. The van der Waals surface area contributed by atoms with Crippen LogP contribution in [0.3, 0.4) is 0 Å². The van der Waals surface area contributed by atoms with Crippen molar-refractivity contribution in [3.05, 3.63) is 29.8 Å². The predicted octanol–water partition coefficient (Wildman–Crippen LogP) is 1.86. The fourth-order valence-electron chi connectivity index (χ4n) is 2.57. The van der Waals surface area contributed by atoms with Gasteiger partial charge in [0.15, 0.2) is 0 Å². The van der Waals surface area contributed by atoms with E-state index in [9.17, 15) is 13.2 Å². The van der Waals surface area contributed by atoms with Gasteiger partial charge in [0.05, 0.1) is 12.2 Å². The van der Waals surface area contributed by atoms with E-state index in [4.69, 9.17) is 0 Å². The molecule has 1 fully saturated rings. The Balaban J connectivity index is 2.02. The van der Waals surface area contributed by atoms with Crippen molar-refractivity contribution in [2.45, 2.75) is 26.2 Å². The molecule has 1 amide bonds. The number of sulfonamides is 1. The minimum absolute atomic E-state index is 0.100. The molecule has 0 radical (unpaired) electrons. The number of nitrogens with zero attached hydrogens (tertiary/aromatic N) is 1. The Morgan fingerprint density at radius 2 is 2.19 bits per heavy atom. The van der Waals surface area contributed by atoms with Crippen molar-refractivity contribution in [2.24, 2.45) is 5.92 Å². The molecule has 0 saturated carbocycles. The van der Waals surface area contributed by atoms with Gasteiger partial charge < -0.3 is 5.32 Å². The van der Waals surface area contributed by atoms with Gasteiger partial charge in [-0.15, -0.1) is 0 Å². The minimum atomic E-state index is -3.22. The number of amides is 1. The van der Waals surface area contributed by atoms with Gasteiger partial charge in [-0.3, -0.25) is 4.79 Å². The lowest BCUT2D eigenvalue weighted by molar-refractivity contribution is -0.120. The smallest absolute Gasteiger partial charge is 0.228 e. The summed E-state index contributed by atoms with van der Waals surface area (Å²) in [6, 6.07) is 7.74. The molecule has 116 valence electrons. The third kappa shape index (κ3) is 4.28. The zero-order chi connectivity index (χ0) is 15.5. The molecule has 5 nitrogen and oxygen atoms in total. The summed E-state index contributed by atoms with van der Waals surface area (Å²) in [7, 11) is -3.22. The molecule has 6 heteroatoms. The first kappa shape index (κ1) is 16.0. The van der Waals surface area contributed by atoms with Crippen LogP contribution in [-0.4, -0.2) is 38.0 Å². The van der Waals surface area contributed by atoms with Crippen LogP contribution in [0.15, 0.2) is 24.3 Å². The zero-order valence-electron chi connectivity index (χ0n) is 12.5. The van der Waals surface area contributed by atoms with E-state index in [1.165, 1.54) is 10.6 Å². The van der Waals surface area contributed by atoms with Gasteiger partial charge in [0, 0.05) is 18.8 Å². The summed E-state index contributed by atoms with van der Waals surface area (Å²) in [5.41, 5.74) is 1.94. The van der Waals surface area contributed by atoms with Gasteiger partial charge in [0.1, 0.15) is 0 Å². The van der Waals surface area contributed by atoms with Crippen LogP contribution in [0.1, 0.15) is 25.3 Å². The van der Waals surface area contributed by atoms with Crippen molar-refractivity contribution in [3.63, 3.8) is 0 Å². The molecule has 2 rings (SSSR count). The number of nitrogens with one attached hydrogen (secondary N) is 1. The Kier molecular flexibility index (Phi) is 5.00. The first-order valence-electron chi connectivity index (χ1n) is 7.25. The molecule has 1 aromatic carbocycles. The molecule has 1 aliphatic rings. The number of hydrogen-bond acceptors (Lipinski definition) is 3. The molecule has 1 N–H and O–H groups in total. The second-order valence-electron chi connectivity index (χ2n) is 5.50. The van der Waals surface area contributed by atoms with Gasteiger partial charge >= 0.3 is 0 Å². The molecular weight excluding hydrogens is 288 g/mol. The van der Waals surface area contributed by atoms with Crippen molar-refractivity contribution in [2.75, 3.05) is 24.7 Å². The maximum absolute atomic E-state index is 12.3. The number of piperidine rings is 1. The van der Waals surface area contributed by atoms with Crippen LogP contribution in [0, 0.1) is 5.92 Å². The van der Waals surface area contributed by atoms with E-state index in [-0.39, 0.29) is 18.4 Å². The molecule has 1 aromatic rings. The van der Waals surface area contributed by atoms with Crippen molar-refractivity contribution in [3.8, 4) is 0 Å². The summed E-state index contributed by atoms with van der Waals surface area (Å²) in [5.74, 6) is -0.379. The topological polar surface area (TPSA) is 66.5 Å². The Morgan fingerprint density at radius 1 is 1.43 bits per heavy atom. The van der Waals surface area contributed by atoms with Crippen LogP contribution in [0.2, 0.25) is 0 Å². The second-order valence-corrected chi connectivity index (χ2v) is 7.49. The molecule has 0 spiro atoms. The van der Waals surface area contributed by atoms with Gasteiger partial charge in [-0.05, 0) is 37.0 Å². The van der Waals surface area contributed by atoms with E-state index in [1.54, 1.807) is 0 Å². The van der Waals surface area contributed by atoms with Crippen LogP contribution in [0.4, 0.5) is 5.69 Å². The van der Waals surface area contributed by atoms with E-state index < -0.39 is 10.0 Å². The van der Waals surface area contributed by atoms with Gasteiger partial charge in [-0.25, -0.2) is 12.7 Å². The predicted molar refractivity (Wildman–Crippen MR) is 83.6 cm³/mol. The van der Waals surface area contributed by atoms with E-state index >= 15 is 0 Å². The summed E-state index contributed by atoms with van der Waals surface area (Å²) >= 11 is 0. The van der Waals surface area contributed by atoms with Crippen LogP contribution in [0.25, 0.3) is 0 Å². The molecule has 21 heavy (non-hydrogen) atoms. The normalized spacial score (nSPS) is 20.2. The highest BCUT2D eigenvalue weighted by atomic mass is 32.2. The summed E-state index contributed by atoms with van der Waals surface area (Å²) in [6.45, 7) is 2.85. The van der Waals surface area contributed by atoms with Gasteiger partial charge in [-0.1, -0.05) is 19.1 Å². The molecule has 1 atom stereocenters. The van der Waals surface area contributed by atoms with E-state index in [0.717, 1.165) is 30.5 Å². The number of benzene rings is 1. The molecule has 1 saturated heterocycles. The number of rotatable bonds is 4. The van der Waals surface area contributed by atoms with Gasteiger partial charge in [0.2, 0.25) is 15.9 Å². The third-order valence-corrected chi connectivity index (χ3v) is 5.10. The number of aryl methyl sites for hydroxylation is 1. The number of hydrogen-bond donors (Lipinski definition) is 1. The van der Waals surface area contributed by atoms with Crippen molar-refractivity contribution >= 4 is 21.6 Å². The maximum Gasteiger partial charge on any atom is 0.228 e. The lowest BCUT2D eigenvalue weighted by atomic mass is 9.98. The lowest BCUT2D eigenvalue weighted by Gasteiger charge is -2.30. The second kappa shape index (κ2) is 6.58. The molecular formula is C15H22N2O3S. The van der Waals surface area contributed by atoms with Crippen LogP contribution in [0.5, 0.6) is 0 Å². The number of carbonyl (C=O) groups is 1. The third-order valence-electron chi connectivity index (χ3n) is 3.83. The van der Waals surface area contributed by atoms with Crippen LogP contribution >= 0.6 is 0 Å². The monoisotopic (exact) mass is 310 g/mol. The van der Waals surface area contributed by atoms with Crippen molar-refractivity contribution < 1.29 is 13.2 Å². The highest BCUT2D eigenvalue weighted by Crippen LogP contribution is 2.21. The van der Waals surface area contributed by atoms with E-state index in [2.05, 4.69) is 12.2 Å². The van der Waals surface area contributed by atoms with Gasteiger partial charge in [0.25, 0.3) is 0 Å². The SMILES string of the molecule is CCc1cccc(NC(=O)[C@H]2CCCN(S(C)(=O)=O)C2)c1. The quantitative estimate of drug-likeness (QED) is 0.923. The fraction of sp³-hybridized carbons (Fsp3) is 0.533. The van der Waals surface area contributed by atoms with Crippen molar-refractivity contribution in [1.82, 2.24) is 4.31 Å². The molecule has 0 aliphatic carbocycles. The Labute approximate surface area is 126 Å². The zero-order valence-corrected chi connectivity index (χ0v) is 13.3. The first-order valence-corrected chi connectivity index (χ1v) is 9.10. The molecule has 0 aromatic heterocycles. The summed E-state index contributed by atoms with van der Waals surface area (Å²) in [6.07, 6.45) is 3.55. The Morgan fingerprint density at radius 3 is 2.86 bits per heavy atom. The summed E-state index contributed by atoms with van der Waals surface area (Å²) in [5, 5.41) is 2.90. The van der Waals surface area contributed by atoms with Crippen LogP contribution < -0.4 is 5.32 Å². The van der Waals surface area contributed by atoms with Crippen LogP contribution in [-0.2, 0) is 21.2 Å². The molecule has 0 bridgehead atoms. The highest BCUT2D eigenvalue weighted by Gasteiger charge is 2.30. The summed E-state index contributed by atoms with van der Waals surface area (Å²) in [4.78, 5) is 12.3. The van der Waals surface area contributed by atoms with E-state index in [1.807, 2.05) is 24.3 Å². The maximum atomic E-state index is 12.3. The van der Waals surface area contributed by atoms with E-state index in [0.29, 0.717) is 6.54 Å². The van der Waals surface area contributed by atoms with Crippen molar-refractivity contribution in [1.29, 1.82) is 0 Å². The molecule has 1 aliphatic heterocycles. The molecule has 1 heterocycles. The summed E-state index contributed by atoms with van der Waals surface area (Å²) < 4.78 is 24.6. The molecule has 0 unspecified atom stereocenters.